The zero-order chi connectivity index (χ0) is 25.3. The van der Waals surface area contributed by atoms with E-state index in [2.05, 4.69) is 10.0 Å². The lowest BCUT2D eigenvalue weighted by atomic mass is 10.2. The van der Waals surface area contributed by atoms with Crippen molar-refractivity contribution in [3.8, 4) is 5.75 Å². The largest absolute Gasteiger partial charge is 0.484 e. The number of nitrogens with one attached hydrogen (secondary N) is 2. The standard InChI is InChI=1S/C26H28N2O6S/c1-3-4-17-33-26(30)20-9-11-21(12-10-20)27-25(29)18-34-22-13-15-23(16-14-22)35(31,32)28-24-8-6-5-7-19(24)2/h5-16,28H,3-4,17-18H2,1-2H3,(H,27,29). The van der Waals surface area contributed by atoms with E-state index in [0.717, 1.165) is 18.4 Å². The Morgan fingerprint density at radius 2 is 1.60 bits per heavy atom. The number of carbonyl (C=O) groups excluding carboxylic acids is 2. The molecule has 0 aliphatic carbocycles. The van der Waals surface area contributed by atoms with Crippen LogP contribution in [0.25, 0.3) is 0 Å². The van der Waals surface area contributed by atoms with Gasteiger partial charge in [0.15, 0.2) is 6.61 Å². The van der Waals surface area contributed by atoms with Gasteiger partial charge in [0, 0.05) is 5.69 Å². The van der Waals surface area contributed by atoms with Crippen molar-refractivity contribution in [2.24, 2.45) is 0 Å². The summed E-state index contributed by atoms with van der Waals surface area (Å²) >= 11 is 0. The van der Waals surface area contributed by atoms with Gasteiger partial charge < -0.3 is 14.8 Å². The van der Waals surface area contributed by atoms with Crippen LogP contribution in [0.15, 0.2) is 77.7 Å². The third-order valence-corrected chi connectivity index (χ3v) is 6.41. The van der Waals surface area contributed by atoms with E-state index < -0.39 is 21.9 Å². The molecule has 35 heavy (non-hydrogen) atoms. The Kier molecular flexibility index (Phi) is 8.86. The Labute approximate surface area is 205 Å². The van der Waals surface area contributed by atoms with Crippen molar-refractivity contribution in [2.75, 3.05) is 23.3 Å². The first-order valence-electron chi connectivity index (χ1n) is 11.2. The van der Waals surface area contributed by atoms with E-state index in [4.69, 9.17) is 9.47 Å². The maximum absolute atomic E-state index is 12.6. The van der Waals surface area contributed by atoms with Gasteiger partial charge in [-0.3, -0.25) is 9.52 Å². The Morgan fingerprint density at radius 3 is 2.26 bits per heavy atom. The fourth-order valence-corrected chi connectivity index (χ4v) is 4.17. The number of amides is 1. The lowest BCUT2D eigenvalue weighted by Crippen LogP contribution is -2.20. The third-order valence-electron chi connectivity index (χ3n) is 5.03. The van der Waals surface area contributed by atoms with Gasteiger partial charge in [0.2, 0.25) is 0 Å². The van der Waals surface area contributed by atoms with Gasteiger partial charge >= 0.3 is 5.97 Å². The number of unbranched alkanes of at least 4 members (excludes halogenated alkanes) is 1. The lowest BCUT2D eigenvalue weighted by molar-refractivity contribution is -0.118. The van der Waals surface area contributed by atoms with Crippen LogP contribution in [0.3, 0.4) is 0 Å². The molecule has 0 spiro atoms. The number of sulfonamides is 1. The van der Waals surface area contributed by atoms with Crippen LogP contribution >= 0.6 is 0 Å². The number of carbonyl (C=O) groups is 2. The van der Waals surface area contributed by atoms with Gasteiger partial charge in [-0.15, -0.1) is 0 Å². The monoisotopic (exact) mass is 496 g/mol. The predicted octanol–water partition coefficient (Wildman–Crippen LogP) is 4.77. The molecule has 0 atom stereocenters. The van der Waals surface area contributed by atoms with Crippen LogP contribution < -0.4 is 14.8 Å². The number of ether oxygens (including phenoxy) is 2. The topological polar surface area (TPSA) is 111 Å². The van der Waals surface area contributed by atoms with Crippen molar-refractivity contribution >= 4 is 33.3 Å². The highest BCUT2D eigenvalue weighted by molar-refractivity contribution is 7.92. The molecular weight excluding hydrogens is 468 g/mol. The van der Waals surface area contributed by atoms with E-state index in [0.29, 0.717) is 29.3 Å². The van der Waals surface area contributed by atoms with Gasteiger partial charge in [0.05, 0.1) is 22.8 Å². The van der Waals surface area contributed by atoms with Crippen molar-refractivity contribution in [3.63, 3.8) is 0 Å². The molecule has 0 aromatic heterocycles. The van der Waals surface area contributed by atoms with Crippen LogP contribution in [-0.4, -0.2) is 33.5 Å². The Bertz CT molecular complexity index is 1260. The molecule has 0 heterocycles. The molecule has 3 aromatic carbocycles. The van der Waals surface area contributed by atoms with Crippen LogP contribution in [0.1, 0.15) is 35.7 Å². The fourth-order valence-electron chi connectivity index (χ4n) is 3.03. The van der Waals surface area contributed by atoms with E-state index >= 15 is 0 Å². The minimum absolute atomic E-state index is 0.0749. The van der Waals surface area contributed by atoms with E-state index in [1.165, 1.54) is 24.3 Å². The second kappa shape index (κ2) is 12.0. The van der Waals surface area contributed by atoms with Crippen molar-refractivity contribution in [1.82, 2.24) is 0 Å². The molecule has 0 radical (unpaired) electrons. The predicted molar refractivity (Wildman–Crippen MR) is 134 cm³/mol. The summed E-state index contributed by atoms with van der Waals surface area (Å²) in [4.78, 5) is 24.2. The molecule has 0 unspecified atom stereocenters. The highest BCUT2D eigenvalue weighted by Crippen LogP contribution is 2.21. The molecule has 9 heteroatoms. The van der Waals surface area contributed by atoms with Gasteiger partial charge in [-0.1, -0.05) is 31.5 Å². The molecule has 2 N–H and O–H groups in total. The summed E-state index contributed by atoms with van der Waals surface area (Å²) in [7, 11) is -3.76. The summed E-state index contributed by atoms with van der Waals surface area (Å²) in [6.45, 7) is 3.94. The third kappa shape index (κ3) is 7.58. The molecule has 0 saturated heterocycles. The second-order valence-corrected chi connectivity index (χ2v) is 9.48. The fraction of sp³-hybridized carbons (Fsp3) is 0.231. The molecule has 184 valence electrons. The van der Waals surface area contributed by atoms with Crippen LogP contribution in [0.5, 0.6) is 5.75 Å². The average Bonchev–Trinajstić information content (AvgIpc) is 2.85. The van der Waals surface area contributed by atoms with Gasteiger partial charge in [-0.05, 0) is 73.5 Å². The maximum Gasteiger partial charge on any atom is 0.338 e. The SMILES string of the molecule is CCCCOC(=O)c1ccc(NC(=O)COc2ccc(S(=O)(=O)Nc3ccccc3C)cc2)cc1. The molecule has 3 rings (SSSR count). The Hall–Kier alpha value is -3.85. The summed E-state index contributed by atoms with van der Waals surface area (Å²) in [5, 5.41) is 2.68. The van der Waals surface area contributed by atoms with E-state index in [1.807, 2.05) is 26.0 Å². The van der Waals surface area contributed by atoms with Crippen LogP contribution in [0.2, 0.25) is 0 Å². The summed E-state index contributed by atoms with van der Waals surface area (Å²) in [6.07, 6.45) is 1.75. The maximum atomic E-state index is 12.6. The number of anilines is 2. The first-order valence-corrected chi connectivity index (χ1v) is 12.6. The normalized spacial score (nSPS) is 10.9. The summed E-state index contributed by atoms with van der Waals surface area (Å²) in [5.41, 5.74) is 2.23. The lowest BCUT2D eigenvalue weighted by Gasteiger charge is -2.11. The molecule has 0 saturated carbocycles. The van der Waals surface area contributed by atoms with Gasteiger partial charge in [0.1, 0.15) is 5.75 Å². The summed E-state index contributed by atoms with van der Waals surface area (Å²) < 4.78 is 38.4. The quantitative estimate of drug-likeness (QED) is 0.292. The summed E-state index contributed by atoms with van der Waals surface area (Å²) in [5.74, 6) is -0.458. The van der Waals surface area contributed by atoms with E-state index in [-0.39, 0.29) is 11.5 Å². The van der Waals surface area contributed by atoms with Crippen molar-refractivity contribution in [2.45, 2.75) is 31.6 Å². The molecule has 8 nitrogen and oxygen atoms in total. The second-order valence-electron chi connectivity index (χ2n) is 7.80. The van der Waals surface area contributed by atoms with Crippen LogP contribution in [-0.2, 0) is 19.6 Å². The molecule has 0 aliphatic rings. The smallest absolute Gasteiger partial charge is 0.338 e. The van der Waals surface area contributed by atoms with Gasteiger partial charge in [-0.25, -0.2) is 13.2 Å². The van der Waals surface area contributed by atoms with Gasteiger partial charge in [0.25, 0.3) is 15.9 Å². The highest BCUT2D eigenvalue weighted by atomic mass is 32.2. The average molecular weight is 497 g/mol. The van der Waals surface area contributed by atoms with E-state index in [9.17, 15) is 18.0 Å². The number of para-hydroxylation sites is 1. The molecule has 3 aromatic rings. The minimum Gasteiger partial charge on any atom is -0.484 e. The first kappa shape index (κ1) is 25.8. The Morgan fingerprint density at radius 1 is 0.914 bits per heavy atom. The zero-order valence-electron chi connectivity index (χ0n) is 19.6. The number of esters is 1. The molecular formula is C26H28N2O6S. The number of hydrogen-bond donors (Lipinski definition) is 2. The van der Waals surface area contributed by atoms with Gasteiger partial charge in [-0.2, -0.15) is 0 Å². The van der Waals surface area contributed by atoms with Crippen LogP contribution in [0, 0.1) is 6.92 Å². The number of hydrogen-bond acceptors (Lipinski definition) is 6. The van der Waals surface area contributed by atoms with Crippen molar-refractivity contribution < 1.29 is 27.5 Å². The minimum atomic E-state index is -3.76. The number of benzene rings is 3. The van der Waals surface area contributed by atoms with Crippen LogP contribution in [0.4, 0.5) is 11.4 Å². The van der Waals surface area contributed by atoms with Crippen molar-refractivity contribution in [3.05, 3.63) is 83.9 Å². The highest BCUT2D eigenvalue weighted by Gasteiger charge is 2.15. The molecule has 0 aliphatic heterocycles. The van der Waals surface area contributed by atoms with E-state index in [1.54, 1.807) is 36.4 Å². The first-order chi connectivity index (χ1) is 16.8. The molecule has 1 amide bonds. The molecule has 0 bridgehead atoms. The number of rotatable bonds is 11. The van der Waals surface area contributed by atoms with Crippen molar-refractivity contribution in [1.29, 1.82) is 0 Å². The number of aryl methyl sites for hydroxylation is 1. The Balaban J connectivity index is 1.50. The summed E-state index contributed by atoms with van der Waals surface area (Å²) in [6, 6.07) is 19.2. The molecule has 0 fully saturated rings. The zero-order valence-corrected chi connectivity index (χ0v) is 20.4.